The Kier molecular flexibility index (Phi) is 14.0. The quantitative estimate of drug-likeness (QED) is 0.144. The van der Waals surface area contributed by atoms with Gasteiger partial charge in [-0.15, -0.1) is 0 Å². The van der Waals surface area contributed by atoms with E-state index in [1.165, 1.54) is 119 Å². The van der Waals surface area contributed by atoms with Crippen molar-refractivity contribution in [2.45, 2.75) is 160 Å². The fraction of sp³-hybridized carbons (Fsp3) is 0.675. The van der Waals surface area contributed by atoms with Crippen LogP contribution >= 0.6 is 0 Å². The summed E-state index contributed by atoms with van der Waals surface area (Å²) in [5, 5.41) is 0. The highest BCUT2D eigenvalue weighted by molar-refractivity contribution is 5.64. The molecule has 238 valence electrons. The van der Waals surface area contributed by atoms with Crippen LogP contribution < -0.4 is 0 Å². The Bertz CT molecular complexity index is 1040. The van der Waals surface area contributed by atoms with Crippen LogP contribution in [-0.4, -0.2) is 18.9 Å². The molecule has 3 nitrogen and oxygen atoms in total. The average Bonchev–Trinajstić information content (AvgIpc) is 3.05. The van der Waals surface area contributed by atoms with Gasteiger partial charge in [0.15, 0.2) is 0 Å². The first kappa shape index (κ1) is 33.6. The highest BCUT2D eigenvalue weighted by Crippen LogP contribution is 2.43. The molecule has 3 heteroatoms. The average molecular weight is 589 g/mol. The van der Waals surface area contributed by atoms with Gasteiger partial charge in [0.2, 0.25) is 0 Å². The Hall–Kier alpha value is -2.29. The van der Waals surface area contributed by atoms with Gasteiger partial charge in [0.25, 0.3) is 0 Å². The van der Waals surface area contributed by atoms with Gasteiger partial charge in [-0.2, -0.15) is 0 Å². The van der Waals surface area contributed by atoms with Crippen molar-refractivity contribution in [1.29, 1.82) is 0 Å². The molecule has 2 aromatic rings. The molecule has 0 heterocycles. The number of methoxy groups -OCH3 is 1. The Morgan fingerprint density at radius 1 is 0.651 bits per heavy atom. The van der Waals surface area contributed by atoms with Crippen molar-refractivity contribution < 1.29 is 14.3 Å². The molecule has 0 spiro atoms. The molecule has 0 N–H and O–H groups in total. The lowest BCUT2D eigenvalue weighted by molar-refractivity contribution is -0.0574. The summed E-state index contributed by atoms with van der Waals surface area (Å²) in [6.07, 6.45) is 24.6. The molecule has 2 fully saturated rings. The smallest absolute Gasteiger partial charge is 0.438 e. The van der Waals surface area contributed by atoms with Gasteiger partial charge in [-0.3, -0.25) is 0 Å². The second-order valence-corrected chi connectivity index (χ2v) is 13.8. The fourth-order valence-corrected chi connectivity index (χ4v) is 7.87. The minimum atomic E-state index is -0.525. The summed E-state index contributed by atoms with van der Waals surface area (Å²) in [6, 6.07) is 18.7. The number of hydrogen-bond acceptors (Lipinski definition) is 3. The third kappa shape index (κ3) is 10.4. The van der Waals surface area contributed by atoms with Crippen LogP contribution in [0, 0.1) is 5.92 Å². The van der Waals surface area contributed by atoms with E-state index < -0.39 is 6.16 Å². The molecule has 0 amide bonds. The molecule has 2 aromatic carbocycles. The van der Waals surface area contributed by atoms with Crippen molar-refractivity contribution >= 4 is 6.16 Å². The maximum absolute atomic E-state index is 12.1. The van der Waals surface area contributed by atoms with Crippen LogP contribution in [-0.2, 0) is 9.47 Å². The molecule has 0 atom stereocenters. The summed E-state index contributed by atoms with van der Waals surface area (Å²) in [4.78, 5) is 12.1. The van der Waals surface area contributed by atoms with Crippen LogP contribution in [0.1, 0.15) is 165 Å². The molecule has 0 aliphatic heterocycles. The van der Waals surface area contributed by atoms with Crippen molar-refractivity contribution in [1.82, 2.24) is 0 Å². The van der Waals surface area contributed by atoms with Gasteiger partial charge in [-0.05, 0) is 104 Å². The summed E-state index contributed by atoms with van der Waals surface area (Å²) in [5.41, 5.74) is 5.20. The largest absolute Gasteiger partial charge is 0.508 e. The van der Waals surface area contributed by atoms with E-state index in [0.717, 1.165) is 50.4 Å². The highest BCUT2D eigenvalue weighted by atomic mass is 16.7. The van der Waals surface area contributed by atoms with Crippen LogP contribution in [0.5, 0.6) is 0 Å². The third-order valence-electron chi connectivity index (χ3n) is 10.8. The number of hydrogen-bond donors (Lipinski definition) is 0. The first-order valence-electron chi connectivity index (χ1n) is 18.0. The summed E-state index contributed by atoms with van der Waals surface area (Å²) < 4.78 is 10.8. The van der Waals surface area contributed by atoms with Gasteiger partial charge in [-0.25, -0.2) is 4.79 Å². The highest BCUT2D eigenvalue weighted by Gasteiger charge is 2.39. The molecule has 0 saturated heterocycles. The number of unbranched alkanes of at least 4 members (excludes halogenated alkanes) is 8. The van der Waals surface area contributed by atoms with Crippen molar-refractivity contribution in [2.75, 3.05) is 7.11 Å². The van der Waals surface area contributed by atoms with E-state index >= 15 is 0 Å². The first-order valence-corrected chi connectivity index (χ1v) is 18.0. The molecule has 4 rings (SSSR count). The van der Waals surface area contributed by atoms with Gasteiger partial charge in [0.1, 0.15) is 5.60 Å². The fourth-order valence-electron chi connectivity index (χ4n) is 7.87. The number of ether oxygens (including phenoxy) is 2. The van der Waals surface area contributed by atoms with Gasteiger partial charge in [0.05, 0.1) is 7.11 Å². The van der Waals surface area contributed by atoms with Crippen molar-refractivity contribution in [3.63, 3.8) is 0 Å². The topological polar surface area (TPSA) is 35.5 Å². The van der Waals surface area contributed by atoms with Crippen LogP contribution in [0.3, 0.4) is 0 Å². The normalized spacial score (nSPS) is 24.0. The molecule has 2 saturated carbocycles. The van der Waals surface area contributed by atoms with E-state index in [4.69, 9.17) is 9.47 Å². The number of carbonyl (C=O) groups excluding carboxylic acids is 1. The van der Waals surface area contributed by atoms with E-state index in [9.17, 15) is 4.79 Å². The lowest BCUT2D eigenvalue weighted by Gasteiger charge is -2.39. The van der Waals surface area contributed by atoms with E-state index in [1.807, 2.05) is 0 Å². The summed E-state index contributed by atoms with van der Waals surface area (Å²) in [5.74, 6) is 2.23. The van der Waals surface area contributed by atoms with Crippen LogP contribution in [0.4, 0.5) is 4.79 Å². The van der Waals surface area contributed by atoms with Gasteiger partial charge >= 0.3 is 6.16 Å². The Morgan fingerprint density at radius 3 is 1.65 bits per heavy atom. The zero-order valence-electron chi connectivity index (χ0n) is 27.7. The molecule has 0 unspecified atom stereocenters. The minimum absolute atomic E-state index is 0.356. The van der Waals surface area contributed by atoms with Crippen LogP contribution in [0.25, 0.3) is 11.1 Å². The van der Waals surface area contributed by atoms with Crippen LogP contribution in [0.2, 0.25) is 0 Å². The maximum Gasteiger partial charge on any atom is 0.508 e. The van der Waals surface area contributed by atoms with E-state index in [1.54, 1.807) is 0 Å². The molecule has 2 aliphatic rings. The lowest BCUT2D eigenvalue weighted by Crippen LogP contribution is -2.39. The molecule has 2 aliphatic carbocycles. The summed E-state index contributed by atoms with van der Waals surface area (Å²) in [7, 11) is 1.42. The standard InChI is InChI=1S/C40H60O3/c1-4-6-8-10-12-14-32-15-17-33(18-16-32)34-19-21-35(22-20-34)36-23-25-37(26-24-36)38-27-30-40(31-28-38,43-39(41)42-3)29-13-11-9-7-5-2/h19-26,32-33,38H,4-18,27-31H2,1-3H3/t32-,33-,38?,40?. The van der Waals surface area contributed by atoms with Crippen molar-refractivity contribution in [2.24, 2.45) is 5.92 Å². The van der Waals surface area contributed by atoms with Crippen molar-refractivity contribution in [3.05, 3.63) is 59.7 Å². The monoisotopic (exact) mass is 588 g/mol. The second kappa shape index (κ2) is 17.9. The molecular weight excluding hydrogens is 528 g/mol. The number of rotatable bonds is 16. The van der Waals surface area contributed by atoms with E-state index in [2.05, 4.69) is 62.4 Å². The number of carbonyl (C=O) groups is 1. The molecular formula is C40H60O3. The van der Waals surface area contributed by atoms with Gasteiger partial charge < -0.3 is 9.47 Å². The maximum atomic E-state index is 12.1. The molecule has 43 heavy (non-hydrogen) atoms. The Balaban J connectivity index is 1.25. The summed E-state index contributed by atoms with van der Waals surface area (Å²) >= 11 is 0. The zero-order chi connectivity index (χ0) is 30.3. The first-order chi connectivity index (χ1) is 21.1. The van der Waals surface area contributed by atoms with Crippen molar-refractivity contribution in [3.8, 4) is 11.1 Å². The second-order valence-electron chi connectivity index (χ2n) is 13.8. The zero-order valence-corrected chi connectivity index (χ0v) is 27.7. The number of benzene rings is 2. The SMILES string of the molecule is CCCCCCCC1(OC(=O)OC)CCC(c2ccc(-c3ccc([C@H]4CC[C@H](CCCCCCC)CC4)cc3)cc2)CC1. The van der Waals surface area contributed by atoms with Crippen LogP contribution in [0.15, 0.2) is 48.5 Å². The molecule has 0 bridgehead atoms. The predicted molar refractivity (Wildman–Crippen MR) is 181 cm³/mol. The lowest BCUT2D eigenvalue weighted by atomic mass is 9.74. The Labute approximate surface area is 263 Å². The van der Waals surface area contributed by atoms with E-state index in [0.29, 0.717) is 5.92 Å². The van der Waals surface area contributed by atoms with Gasteiger partial charge in [-0.1, -0.05) is 127 Å². The van der Waals surface area contributed by atoms with Gasteiger partial charge in [0, 0.05) is 0 Å². The molecule has 0 radical (unpaired) electrons. The van der Waals surface area contributed by atoms with E-state index in [-0.39, 0.29) is 5.60 Å². The predicted octanol–water partition coefficient (Wildman–Crippen LogP) is 12.5. The third-order valence-corrected chi connectivity index (χ3v) is 10.8. The molecule has 0 aromatic heterocycles. The Morgan fingerprint density at radius 2 is 1.14 bits per heavy atom. The summed E-state index contributed by atoms with van der Waals surface area (Å²) in [6.45, 7) is 4.54. The minimum Gasteiger partial charge on any atom is -0.438 e.